The third-order valence-electron chi connectivity index (χ3n) is 1.94. The molecule has 0 aromatic carbocycles. The van der Waals surface area contributed by atoms with Crippen LogP contribution < -0.4 is 0 Å². The van der Waals surface area contributed by atoms with Crippen molar-refractivity contribution in [3.8, 4) is 0 Å². The Kier molecular flexibility index (Phi) is 7.28. The normalized spacial score (nSPS) is 17.1. The average molecular weight is 202 g/mol. The SMILES string of the molecule is C=C[C@H](OC)[C@@H](OCOC)[C@H](C)C=O. The van der Waals surface area contributed by atoms with E-state index in [1.165, 1.54) is 7.11 Å². The minimum Gasteiger partial charge on any atom is -0.375 e. The van der Waals surface area contributed by atoms with Crippen LogP contribution in [-0.2, 0) is 19.0 Å². The van der Waals surface area contributed by atoms with Crippen LogP contribution in [0.5, 0.6) is 0 Å². The second-order valence-electron chi connectivity index (χ2n) is 2.97. The van der Waals surface area contributed by atoms with Crippen LogP contribution in [0.25, 0.3) is 0 Å². The third kappa shape index (κ3) is 4.00. The van der Waals surface area contributed by atoms with Crippen LogP contribution in [0.2, 0.25) is 0 Å². The van der Waals surface area contributed by atoms with E-state index in [4.69, 9.17) is 14.2 Å². The molecule has 0 aliphatic carbocycles. The number of hydrogen-bond donors (Lipinski definition) is 0. The minimum absolute atomic E-state index is 0.135. The van der Waals surface area contributed by atoms with E-state index < -0.39 is 0 Å². The second kappa shape index (κ2) is 7.67. The predicted octanol–water partition coefficient (Wildman–Crippen LogP) is 1.01. The first-order chi connectivity index (χ1) is 6.71. The Morgan fingerprint density at radius 1 is 1.43 bits per heavy atom. The second-order valence-corrected chi connectivity index (χ2v) is 2.97. The topological polar surface area (TPSA) is 44.8 Å². The number of carbonyl (C=O) groups is 1. The van der Waals surface area contributed by atoms with Gasteiger partial charge in [0.05, 0.1) is 6.10 Å². The molecule has 0 fully saturated rings. The van der Waals surface area contributed by atoms with Crippen molar-refractivity contribution in [3.63, 3.8) is 0 Å². The maximum atomic E-state index is 10.6. The molecular weight excluding hydrogens is 184 g/mol. The minimum atomic E-state index is -0.352. The van der Waals surface area contributed by atoms with E-state index in [1.807, 2.05) is 0 Å². The molecule has 82 valence electrons. The Labute approximate surface area is 84.8 Å². The molecule has 3 atom stereocenters. The molecule has 0 aromatic rings. The molecule has 0 radical (unpaired) electrons. The fourth-order valence-corrected chi connectivity index (χ4v) is 1.13. The summed E-state index contributed by atoms with van der Waals surface area (Å²) in [5.41, 5.74) is 0. The van der Waals surface area contributed by atoms with Crippen molar-refractivity contribution in [2.45, 2.75) is 19.1 Å². The van der Waals surface area contributed by atoms with Crippen molar-refractivity contribution in [1.82, 2.24) is 0 Å². The summed E-state index contributed by atoms with van der Waals surface area (Å²) in [6.45, 7) is 5.52. The Balaban J connectivity index is 4.34. The summed E-state index contributed by atoms with van der Waals surface area (Å²) in [5, 5.41) is 0. The van der Waals surface area contributed by atoms with Crippen molar-refractivity contribution in [2.75, 3.05) is 21.0 Å². The molecule has 0 heterocycles. The third-order valence-corrected chi connectivity index (χ3v) is 1.94. The lowest BCUT2D eigenvalue weighted by Crippen LogP contribution is -2.36. The highest BCUT2D eigenvalue weighted by Gasteiger charge is 2.25. The molecule has 0 saturated carbocycles. The monoisotopic (exact) mass is 202 g/mol. The highest BCUT2D eigenvalue weighted by atomic mass is 16.7. The van der Waals surface area contributed by atoms with Crippen LogP contribution in [-0.4, -0.2) is 39.5 Å². The lowest BCUT2D eigenvalue weighted by atomic mass is 10.0. The number of rotatable bonds is 8. The van der Waals surface area contributed by atoms with Gasteiger partial charge >= 0.3 is 0 Å². The van der Waals surface area contributed by atoms with E-state index in [2.05, 4.69) is 6.58 Å². The van der Waals surface area contributed by atoms with Crippen molar-refractivity contribution in [3.05, 3.63) is 12.7 Å². The van der Waals surface area contributed by atoms with Gasteiger partial charge in [-0.25, -0.2) is 0 Å². The lowest BCUT2D eigenvalue weighted by Gasteiger charge is -2.25. The smallest absolute Gasteiger partial charge is 0.146 e. The summed E-state index contributed by atoms with van der Waals surface area (Å²) < 4.78 is 15.2. The van der Waals surface area contributed by atoms with Crippen LogP contribution >= 0.6 is 0 Å². The fraction of sp³-hybridized carbons (Fsp3) is 0.700. The highest BCUT2D eigenvalue weighted by Crippen LogP contribution is 2.13. The summed E-state index contributed by atoms with van der Waals surface area (Å²) in [7, 11) is 3.07. The maximum Gasteiger partial charge on any atom is 0.146 e. The zero-order chi connectivity index (χ0) is 11.0. The molecule has 4 heteroatoms. The van der Waals surface area contributed by atoms with Gasteiger partial charge in [0.2, 0.25) is 0 Å². The number of ether oxygens (including phenoxy) is 3. The molecule has 0 aromatic heterocycles. The van der Waals surface area contributed by atoms with Gasteiger partial charge in [-0.15, -0.1) is 6.58 Å². The van der Waals surface area contributed by atoms with Gasteiger partial charge in [-0.1, -0.05) is 13.0 Å². The van der Waals surface area contributed by atoms with E-state index in [-0.39, 0.29) is 24.9 Å². The van der Waals surface area contributed by atoms with E-state index in [1.54, 1.807) is 20.1 Å². The van der Waals surface area contributed by atoms with Crippen LogP contribution in [0.3, 0.4) is 0 Å². The number of carbonyl (C=O) groups excluding carboxylic acids is 1. The molecule has 0 rings (SSSR count). The van der Waals surface area contributed by atoms with Gasteiger partial charge in [-0.3, -0.25) is 0 Å². The quantitative estimate of drug-likeness (QED) is 0.335. The van der Waals surface area contributed by atoms with Crippen molar-refractivity contribution < 1.29 is 19.0 Å². The first-order valence-electron chi connectivity index (χ1n) is 4.42. The molecule has 0 bridgehead atoms. The Bertz CT molecular complexity index is 170. The summed E-state index contributed by atoms with van der Waals surface area (Å²) in [6, 6.07) is 0. The van der Waals surface area contributed by atoms with Crippen LogP contribution in [0.4, 0.5) is 0 Å². The molecule has 0 aliphatic heterocycles. The molecule has 0 saturated heterocycles. The van der Waals surface area contributed by atoms with Gasteiger partial charge in [-0.2, -0.15) is 0 Å². The fourth-order valence-electron chi connectivity index (χ4n) is 1.13. The molecule has 0 spiro atoms. The van der Waals surface area contributed by atoms with Gasteiger partial charge in [0.15, 0.2) is 0 Å². The molecule has 0 unspecified atom stereocenters. The molecule has 0 amide bonds. The van der Waals surface area contributed by atoms with Gasteiger partial charge in [0, 0.05) is 20.1 Å². The summed E-state index contributed by atoms with van der Waals surface area (Å²) in [4.78, 5) is 10.6. The largest absolute Gasteiger partial charge is 0.375 e. The van der Waals surface area contributed by atoms with Gasteiger partial charge in [-0.05, 0) is 0 Å². The predicted molar refractivity (Wildman–Crippen MR) is 53.0 cm³/mol. The van der Waals surface area contributed by atoms with Gasteiger partial charge in [0.25, 0.3) is 0 Å². The van der Waals surface area contributed by atoms with E-state index in [0.717, 1.165) is 6.29 Å². The average Bonchev–Trinajstić information content (AvgIpc) is 2.23. The Hall–Kier alpha value is -0.710. The molecular formula is C10H18O4. The number of aldehydes is 1. The zero-order valence-electron chi connectivity index (χ0n) is 8.93. The van der Waals surface area contributed by atoms with Crippen molar-refractivity contribution >= 4 is 6.29 Å². The Morgan fingerprint density at radius 2 is 2.07 bits per heavy atom. The maximum absolute atomic E-state index is 10.6. The van der Waals surface area contributed by atoms with Crippen molar-refractivity contribution in [1.29, 1.82) is 0 Å². The molecule has 0 N–H and O–H groups in total. The van der Waals surface area contributed by atoms with Crippen LogP contribution in [0, 0.1) is 5.92 Å². The van der Waals surface area contributed by atoms with Crippen LogP contribution in [0.15, 0.2) is 12.7 Å². The number of hydrogen-bond acceptors (Lipinski definition) is 4. The van der Waals surface area contributed by atoms with E-state index in [9.17, 15) is 4.79 Å². The zero-order valence-corrected chi connectivity index (χ0v) is 8.93. The first-order valence-corrected chi connectivity index (χ1v) is 4.42. The highest BCUT2D eigenvalue weighted by molar-refractivity contribution is 5.54. The summed E-state index contributed by atoms with van der Waals surface area (Å²) in [6.07, 6.45) is 1.79. The van der Waals surface area contributed by atoms with E-state index in [0.29, 0.717) is 0 Å². The summed E-state index contributed by atoms with van der Waals surface area (Å²) >= 11 is 0. The van der Waals surface area contributed by atoms with Gasteiger partial charge < -0.3 is 19.0 Å². The Morgan fingerprint density at radius 3 is 2.43 bits per heavy atom. The molecule has 0 aliphatic rings. The first kappa shape index (κ1) is 13.3. The van der Waals surface area contributed by atoms with Crippen LogP contribution in [0.1, 0.15) is 6.92 Å². The summed E-state index contributed by atoms with van der Waals surface area (Å²) in [5.74, 6) is -0.256. The lowest BCUT2D eigenvalue weighted by molar-refractivity contribution is -0.138. The number of methoxy groups -OCH3 is 2. The molecule has 4 nitrogen and oxygen atoms in total. The van der Waals surface area contributed by atoms with Crippen molar-refractivity contribution in [2.24, 2.45) is 5.92 Å². The molecule has 14 heavy (non-hydrogen) atoms. The standard InChI is InChI=1S/C10H18O4/c1-5-9(13-4)10(8(2)6-11)14-7-12-3/h5-6,8-10H,1,7H2,2-4H3/t8-,9+,10+/m1/s1. The van der Waals surface area contributed by atoms with Gasteiger partial charge in [0.1, 0.15) is 19.2 Å². The van der Waals surface area contributed by atoms with E-state index >= 15 is 0 Å².